The smallest absolute Gasteiger partial charge is 0.0413 e. The molecule has 0 saturated heterocycles. The number of hydrogen-bond donors (Lipinski definition) is 0. The maximum atomic E-state index is 4.96. The summed E-state index contributed by atoms with van der Waals surface area (Å²) in [6.45, 7) is 7.50. The molecule has 0 aliphatic rings. The Balaban J connectivity index is 0.000000483. The summed E-state index contributed by atoms with van der Waals surface area (Å²) >= 11 is 19.8. The fourth-order valence-electron chi connectivity index (χ4n) is 2.22. The summed E-state index contributed by atoms with van der Waals surface area (Å²) < 4.78 is 1.10. The second-order valence-corrected chi connectivity index (χ2v) is 7.59. The number of benzene rings is 2. The molecule has 2 rings (SSSR count). The van der Waals surface area contributed by atoms with Crippen molar-refractivity contribution in [3.8, 4) is 0 Å². The summed E-state index contributed by atoms with van der Waals surface area (Å²) in [5.41, 5.74) is 2.49. The van der Waals surface area contributed by atoms with Gasteiger partial charge in [-0.15, -0.1) is 0 Å². The molecule has 0 aliphatic carbocycles. The number of nitrogens with zero attached hydrogens (tertiary/aromatic N) is 2. The molecule has 0 radical (unpaired) electrons. The van der Waals surface area contributed by atoms with Crippen LogP contribution in [0.3, 0.4) is 0 Å². The zero-order chi connectivity index (χ0) is 19.4. The van der Waals surface area contributed by atoms with Gasteiger partial charge in [-0.2, -0.15) is 0 Å². The third-order valence-corrected chi connectivity index (χ3v) is 4.75. The molecule has 2 nitrogen and oxygen atoms in total. The van der Waals surface area contributed by atoms with E-state index in [2.05, 4.69) is 38.1 Å². The van der Waals surface area contributed by atoms with Crippen molar-refractivity contribution in [2.45, 2.75) is 26.9 Å². The normalized spacial score (nSPS) is 9.26. The van der Waals surface area contributed by atoms with Gasteiger partial charge in [-0.05, 0) is 25.0 Å². The van der Waals surface area contributed by atoms with Crippen molar-refractivity contribution in [3.05, 3.63) is 71.8 Å². The van der Waals surface area contributed by atoms with Gasteiger partial charge in [0.25, 0.3) is 0 Å². The molecular weight excluding hydrogens is 462 g/mol. The van der Waals surface area contributed by atoms with E-state index in [1.165, 1.54) is 11.1 Å². The Hall–Kier alpha value is -0.717. The van der Waals surface area contributed by atoms with Crippen LogP contribution in [0.1, 0.15) is 25.0 Å². The molecule has 0 bridgehead atoms. The second-order valence-electron chi connectivity index (χ2n) is 5.53. The monoisotopic (exact) mass is 484 g/mol. The van der Waals surface area contributed by atoms with Crippen molar-refractivity contribution in [1.82, 2.24) is 9.80 Å². The van der Waals surface area contributed by atoms with Gasteiger partial charge in [-0.1, -0.05) is 69.3 Å². The van der Waals surface area contributed by atoms with Crippen molar-refractivity contribution in [2.75, 3.05) is 13.1 Å². The van der Waals surface area contributed by atoms with Crippen LogP contribution < -0.4 is 0 Å². The van der Waals surface area contributed by atoms with E-state index in [0.717, 1.165) is 26.2 Å². The maximum Gasteiger partial charge on any atom is 0.0413 e. The van der Waals surface area contributed by atoms with Crippen LogP contribution in [0.25, 0.3) is 0 Å². The molecule has 0 atom stereocenters. The first-order valence-corrected chi connectivity index (χ1v) is 10.1. The molecule has 2 aromatic carbocycles. The average Bonchev–Trinajstić information content (AvgIpc) is 2.66. The van der Waals surface area contributed by atoms with E-state index >= 15 is 0 Å². The summed E-state index contributed by atoms with van der Waals surface area (Å²) in [7, 11) is 0. The van der Waals surface area contributed by atoms with Crippen LogP contribution in [0.5, 0.6) is 0 Å². The van der Waals surface area contributed by atoms with E-state index < -0.39 is 0 Å². The molecule has 0 aromatic heterocycles. The third kappa shape index (κ3) is 11.0. The van der Waals surface area contributed by atoms with Crippen LogP contribution in [0, 0.1) is 0 Å². The van der Waals surface area contributed by atoms with Gasteiger partial charge in [0, 0.05) is 45.7 Å². The van der Waals surface area contributed by atoms with Crippen molar-refractivity contribution in [3.63, 3.8) is 0 Å². The van der Waals surface area contributed by atoms with Gasteiger partial charge in [-0.3, -0.25) is 0 Å². The molecular formula is C20H24N2S4Zn-2. The fourth-order valence-corrected chi connectivity index (χ4v) is 2.99. The molecule has 0 unspecified atom stereocenters. The Bertz CT molecular complexity index is 609. The summed E-state index contributed by atoms with van der Waals surface area (Å²) in [5.74, 6) is 0. The van der Waals surface area contributed by atoms with E-state index in [-0.39, 0.29) is 19.5 Å². The van der Waals surface area contributed by atoms with E-state index in [4.69, 9.17) is 49.7 Å². The molecule has 7 heteroatoms. The molecule has 0 fully saturated rings. The molecule has 27 heavy (non-hydrogen) atoms. The van der Waals surface area contributed by atoms with E-state index in [1.807, 2.05) is 46.2 Å². The fraction of sp³-hybridized carbons (Fsp3) is 0.300. The maximum absolute atomic E-state index is 4.96. The zero-order valence-corrected chi connectivity index (χ0v) is 22.1. The predicted octanol–water partition coefficient (Wildman–Crippen LogP) is 4.68. The van der Waals surface area contributed by atoms with Gasteiger partial charge in [0.2, 0.25) is 0 Å². The molecule has 0 amide bonds. The van der Waals surface area contributed by atoms with Crippen LogP contribution >= 0.6 is 24.4 Å². The predicted molar refractivity (Wildman–Crippen MR) is 125 cm³/mol. The summed E-state index contributed by atoms with van der Waals surface area (Å²) in [6.07, 6.45) is 0. The van der Waals surface area contributed by atoms with Gasteiger partial charge < -0.3 is 59.5 Å². The van der Waals surface area contributed by atoms with Crippen molar-refractivity contribution < 1.29 is 19.5 Å². The van der Waals surface area contributed by atoms with Crippen LogP contribution in [-0.4, -0.2) is 31.5 Å². The summed E-state index contributed by atoms with van der Waals surface area (Å²) in [4.78, 5) is 4.00. The Morgan fingerprint density at radius 3 is 1.22 bits per heavy atom. The standard InChI is InChI=1S/2C10H13NS2.Zn/c2*1-2-11(10(12)13)8-9-6-4-3-5-7-9;/h2*3-7H,2,8H2,1H3,(H,12,13);/p-2. The molecule has 0 aliphatic heterocycles. The van der Waals surface area contributed by atoms with Gasteiger partial charge in [0.15, 0.2) is 0 Å². The van der Waals surface area contributed by atoms with Crippen molar-refractivity contribution in [2.24, 2.45) is 0 Å². The minimum Gasteiger partial charge on any atom is -0.411 e. The molecule has 2 aromatic rings. The number of hydrogen-bond acceptors (Lipinski definition) is 4. The topological polar surface area (TPSA) is 6.48 Å². The number of thiocarbonyl (C=S) groups is 2. The van der Waals surface area contributed by atoms with Crippen LogP contribution in [0.2, 0.25) is 0 Å². The molecule has 0 spiro atoms. The zero-order valence-electron chi connectivity index (χ0n) is 15.8. The van der Waals surface area contributed by atoms with Gasteiger partial charge in [0.05, 0.1) is 0 Å². The van der Waals surface area contributed by atoms with Gasteiger partial charge >= 0.3 is 0 Å². The van der Waals surface area contributed by atoms with Gasteiger partial charge in [-0.25, -0.2) is 0 Å². The van der Waals surface area contributed by atoms with Crippen LogP contribution in [0.4, 0.5) is 0 Å². The van der Waals surface area contributed by atoms with E-state index in [0.29, 0.717) is 8.64 Å². The Kier molecular flexibility index (Phi) is 14.8. The minimum absolute atomic E-state index is 0. The SMILES string of the molecule is CCN(Cc1ccccc1)C(=S)[S-].CCN(Cc1ccccc1)C(=S)[S-].[Zn]. The van der Waals surface area contributed by atoms with E-state index in [1.54, 1.807) is 0 Å². The molecule has 0 heterocycles. The first-order chi connectivity index (χ1) is 12.5. The minimum atomic E-state index is 0. The molecule has 0 saturated carbocycles. The quantitative estimate of drug-likeness (QED) is 0.330. The first kappa shape index (κ1) is 26.3. The van der Waals surface area contributed by atoms with Crippen molar-refractivity contribution >= 4 is 58.3 Å². The summed E-state index contributed by atoms with van der Waals surface area (Å²) in [6, 6.07) is 20.4. The Morgan fingerprint density at radius 2 is 1.00 bits per heavy atom. The number of rotatable bonds is 6. The molecule has 0 N–H and O–H groups in total. The van der Waals surface area contributed by atoms with Gasteiger partial charge in [0.1, 0.15) is 0 Å². The van der Waals surface area contributed by atoms with Crippen molar-refractivity contribution in [1.29, 1.82) is 0 Å². The average molecular weight is 486 g/mol. The molecule has 142 valence electrons. The van der Waals surface area contributed by atoms with E-state index in [9.17, 15) is 0 Å². The Labute approximate surface area is 198 Å². The third-order valence-electron chi connectivity index (χ3n) is 3.71. The largest absolute Gasteiger partial charge is 0.411 e. The summed E-state index contributed by atoms with van der Waals surface area (Å²) in [5, 5.41) is 0. The second kappa shape index (κ2) is 15.2. The first-order valence-electron chi connectivity index (χ1n) is 8.47. The van der Waals surface area contributed by atoms with Crippen LogP contribution in [0.15, 0.2) is 60.7 Å². The Morgan fingerprint density at radius 1 is 0.704 bits per heavy atom. The van der Waals surface area contributed by atoms with Crippen LogP contribution in [-0.2, 0) is 57.8 Å².